The smallest absolute Gasteiger partial charge is 0.407 e. The number of alkyl carbamates (subject to hydrolysis) is 1. The van der Waals surface area contributed by atoms with Gasteiger partial charge in [-0.3, -0.25) is 33.6 Å². The number of nitrogens with one attached hydrogen (secondary N) is 4. The number of likely N-dealkylation sites (tertiary alicyclic amines) is 1. The van der Waals surface area contributed by atoms with Gasteiger partial charge >= 0.3 is 12.1 Å². The second-order valence-corrected chi connectivity index (χ2v) is 15.5. The molecule has 2 aliphatic carbocycles. The zero-order valence-electron chi connectivity index (χ0n) is 33.3. The third-order valence-corrected chi connectivity index (χ3v) is 10.6. The Balaban J connectivity index is 1.49. The van der Waals surface area contributed by atoms with Crippen LogP contribution in [0.15, 0.2) is 30.3 Å². The Morgan fingerprint density at radius 2 is 1.57 bits per heavy atom. The number of nitrogens with zero attached hydrogens (tertiary/aromatic N) is 2. The molecule has 4 rings (SSSR count). The van der Waals surface area contributed by atoms with E-state index in [-0.39, 0.29) is 43.9 Å². The van der Waals surface area contributed by atoms with Gasteiger partial charge in [0, 0.05) is 26.6 Å². The molecule has 3 unspecified atom stereocenters. The largest absolute Gasteiger partial charge is 0.466 e. The number of hydrogen-bond donors (Lipinski definition) is 4. The Labute approximate surface area is 328 Å². The molecule has 6 amide bonds. The van der Waals surface area contributed by atoms with Crippen LogP contribution < -0.4 is 21.3 Å². The van der Waals surface area contributed by atoms with E-state index in [0.29, 0.717) is 24.8 Å². The molecule has 2 saturated carbocycles. The molecule has 4 N–H and O–H groups in total. The fraction of sp³-hybridized carbons (Fsp3) is 0.650. The lowest BCUT2D eigenvalue weighted by molar-refractivity contribution is -0.149. The first-order valence-corrected chi connectivity index (χ1v) is 19.8. The average Bonchev–Trinajstić information content (AvgIpc) is 3.75. The molecule has 0 spiro atoms. The Morgan fingerprint density at radius 1 is 0.893 bits per heavy atom. The summed E-state index contributed by atoms with van der Waals surface area (Å²) in [6, 6.07) is 4.09. The van der Waals surface area contributed by atoms with E-state index in [1.54, 1.807) is 58.3 Å². The van der Waals surface area contributed by atoms with Gasteiger partial charge in [-0.2, -0.15) is 0 Å². The Kier molecular flexibility index (Phi) is 15.8. The first-order valence-electron chi connectivity index (χ1n) is 19.8. The van der Waals surface area contributed by atoms with Crippen molar-refractivity contribution in [2.75, 3.05) is 40.4 Å². The zero-order chi connectivity index (χ0) is 41.1. The second kappa shape index (κ2) is 20.2. The molecule has 16 heteroatoms. The molecule has 56 heavy (non-hydrogen) atoms. The van der Waals surface area contributed by atoms with Crippen molar-refractivity contribution in [3.8, 4) is 0 Å². The van der Waals surface area contributed by atoms with Gasteiger partial charge in [-0.25, -0.2) is 4.79 Å². The average molecular weight is 783 g/mol. The summed E-state index contributed by atoms with van der Waals surface area (Å²) in [5.41, 5.74) is 0.530. The number of piperidine rings is 1. The van der Waals surface area contributed by atoms with Crippen LogP contribution in [-0.4, -0.2) is 116 Å². The highest BCUT2D eigenvalue weighted by Crippen LogP contribution is 2.56. The maximum absolute atomic E-state index is 14.4. The first-order chi connectivity index (χ1) is 26.7. The molecule has 3 fully saturated rings. The topological polar surface area (TPSA) is 210 Å². The van der Waals surface area contributed by atoms with Crippen LogP contribution >= 0.6 is 0 Å². The predicted molar refractivity (Wildman–Crippen MR) is 203 cm³/mol. The molecule has 0 aromatic heterocycles. The van der Waals surface area contributed by atoms with E-state index < -0.39 is 89.9 Å². The number of benzene rings is 1. The highest BCUT2D eigenvalue weighted by atomic mass is 16.5. The lowest BCUT2D eigenvalue weighted by atomic mass is 9.83. The van der Waals surface area contributed by atoms with E-state index in [9.17, 15) is 38.4 Å². The predicted octanol–water partition coefficient (Wildman–Crippen LogP) is 1.87. The van der Waals surface area contributed by atoms with E-state index in [4.69, 9.17) is 9.47 Å². The Bertz CT molecular complexity index is 1600. The van der Waals surface area contributed by atoms with Crippen molar-refractivity contribution in [2.24, 2.45) is 29.6 Å². The molecule has 1 aromatic rings. The van der Waals surface area contributed by atoms with Crippen LogP contribution in [0.3, 0.4) is 0 Å². The first kappa shape index (κ1) is 43.7. The van der Waals surface area contributed by atoms with E-state index in [1.807, 2.05) is 13.8 Å². The van der Waals surface area contributed by atoms with Crippen molar-refractivity contribution < 1.29 is 47.8 Å². The highest BCUT2D eigenvalue weighted by Gasteiger charge is 2.68. The number of esters is 1. The van der Waals surface area contributed by atoms with Crippen LogP contribution in [0, 0.1) is 29.6 Å². The van der Waals surface area contributed by atoms with Crippen LogP contribution in [0.4, 0.5) is 4.79 Å². The van der Waals surface area contributed by atoms with Crippen LogP contribution in [0.1, 0.15) is 84.2 Å². The quantitative estimate of drug-likeness (QED) is 0.126. The maximum Gasteiger partial charge on any atom is 0.407 e. The molecule has 0 radical (unpaired) electrons. The van der Waals surface area contributed by atoms with Crippen molar-refractivity contribution in [1.82, 2.24) is 31.1 Å². The number of carbonyl (C=O) groups is 8. The van der Waals surface area contributed by atoms with Gasteiger partial charge in [-0.15, -0.1) is 0 Å². The minimum Gasteiger partial charge on any atom is -0.466 e. The fourth-order valence-electron chi connectivity index (χ4n) is 7.79. The van der Waals surface area contributed by atoms with Gasteiger partial charge in [0.2, 0.25) is 29.4 Å². The summed E-state index contributed by atoms with van der Waals surface area (Å²) in [5.74, 6) is -6.61. The van der Waals surface area contributed by atoms with Gasteiger partial charge in [-0.1, -0.05) is 76.8 Å². The van der Waals surface area contributed by atoms with Crippen LogP contribution in [-0.2, 0) is 43.0 Å². The minimum absolute atomic E-state index is 0.0687. The number of fused-ring (bicyclic) bond motifs is 1. The number of ether oxygens (including phenoxy) is 2. The third-order valence-electron chi connectivity index (χ3n) is 10.6. The molecule has 1 aromatic carbocycles. The van der Waals surface area contributed by atoms with Crippen LogP contribution in [0.2, 0.25) is 0 Å². The molecule has 308 valence electrons. The molecule has 1 heterocycles. The minimum atomic E-state index is -1.31. The lowest BCUT2D eigenvalue weighted by Gasteiger charge is -2.36. The zero-order valence-corrected chi connectivity index (χ0v) is 33.3. The van der Waals surface area contributed by atoms with Crippen LogP contribution in [0.25, 0.3) is 0 Å². The normalized spacial score (nSPS) is 21.7. The highest BCUT2D eigenvalue weighted by molar-refractivity contribution is 6.38. The summed E-state index contributed by atoms with van der Waals surface area (Å²) in [7, 11) is 3.09. The molecular formula is C40H58N6O10. The molecule has 7 atom stereocenters. The summed E-state index contributed by atoms with van der Waals surface area (Å²) < 4.78 is 10.6. The molecule has 16 nitrogen and oxygen atoms in total. The van der Waals surface area contributed by atoms with Gasteiger partial charge in [0.1, 0.15) is 18.1 Å². The summed E-state index contributed by atoms with van der Waals surface area (Å²) in [6.07, 6.45) is 3.89. The number of carbonyl (C=O) groups excluding carboxylic acids is 8. The van der Waals surface area contributed by atoms with Crippen molar-refractivity contribution in [3.63, 3.8) is 0 Å². The standard InChI is InChI=1S/C40H58N6O10/c1-7-15-27(34(48)36(50)41-20-28(47)43-31(37(51)45(5)6)24-16-11-9-12-17-24)42-35(49)33-29-26(30(29)39(53)55-8-2)21-46(33)38(52)32(25-18-13-10-14-19-25)44-40(54)56-22-23(3)4/h9,11-12,16-17,23,25-27,29-33H,7-8,10,13-15,18-22H2,1-6H3,(H,41,50)(H,42,49)(H,43,47)(H,44,54)/t26-,27?,29+,30?,31?,32-,33-/m0/s1. The Morgan fingerprint density at radius 3 is 2.18 bits per heavy atom. The van der Waals surface area contributed by atoms with Crippen molar-refractivity contribution in [2.45, 2.75) is 96.8 Å². The maximum atomic E-state index is 14.4. The molecule has 0 bridgehead atoms. The molecular weight excluding hydrogens is 724 g/mol. The monoisotopic (exact) mass is 782 g/mol. The molecule has 1 saturated heterocycles. The number of hydrogen-bond acceptors (Lipinski definition) is 10. The number of likely N-dealkylation sites (N-methyl/N-ethyl adjacent to an activating group) is 1. The summed E-state index contributed by atoms with van der Waals surface area (Å²) in [6.45, 7) is 6.98. The van der Waals surface area contributed by atoms with Gasteiger partial charge in [0.05, 0.1) is 31.7 Å². The van der Waals surface area contributed by atoms with Gasteiger partial charge in [-0.05, 0) is 49.5 Å². The SMILES string of the molecule is CCCC(NC(=O)[C@@H]1[C@H]2C(C(=O)OCC)[C@H]2CN1C(=O)[C@@H](NC(=O)OCC(C)C)C1CCCCC1)C(=O)C(=O)NCC(=O)NC(C(=O)N(C)C)c1ccccc1. The third kappa shape index (κ3) is 11.1. The van der Waals surface area contributed by atoms with Gasteiger partial charge in [0.25, 0.3) is 5.91 Å². The number of Topliss-reactive ketones (excluding diaryl/α,β-unsaturated/α-hetero) is 1. The Hall–Kier alpha value is -5.02. The number of amides is 6. The van der Waals surface area contributed by atoms with Gasteiger partial charge in [0.15, 0.2) is 0 Å². The molecule has 3 aliphatic rings. The summed E-state index contributed by atoms with van der Waals surface area (Å²) >= 11 is 0. The van der Waals surface area contributed by atoms with E-state index in [1.165, 1.54) is 9.80 Å². The van der Waals surface area contributed by atoms with Gasteiger partial charge < -0.3 is 40.5 Å². The fourth-order valence-corrected chi connectivity index (χ4v) is 7.79. The van der Waals surface area contributed by atoms with Crippen molar-refractivity contribution in [3.05, 3.63) is 35.9 Å². The van der Waals surface area contributed by atoms with E-state index in [2.05, 4.69) is 21.3 Å². The van der Waals surface area contributed by atoms with E-state index in [0.717, 1.165) is 19.3 Å². The summed E-state index contributed by atoms with van der Waals surface area (Å²) in [4.78, 5) is 110. The lowest BCUT2D eigenvalue weighted by Crippen LogP contribution is -2.59. The molecule has 1 aliphatic heterocycles. The number of rotatable bonds is 18. The van der Waals surface area contributed by atoms with E-state index >= 15 is 0 Å². The van der Waals surface area contributed by atoms with Crippen molar-refractivity contribution >= 4 is 47.4 Å². The van der Waals surface area contributed by atoms with Crippen molar-refractivity contribution in [1.29, 1.82) is 0 Å². The van der Waals surface area contributed by atoms with Crippen LogP contribution in [0.5, 0.6) is 0 Å². The number of ketones is 1. The second-order valence-electron chi connectivity index (χ2n) is 15.5. The summed E-state index contributed by atoms with van der Waals surface area (Å²) in [5, 5.41) is 10.4.